The van der Waals surface area contributed by atoms with Gasteiger partial charge in [0.15, 0.2) is 11.5 Å². The van der Waals surface area contributed by atoms with Crippen LogP contribution in [0.5, 0.6) is 11.5 Å². The summed E-state index contributed by atoms with van der Waals surface area (Å²) in [4.78, 5) is 54.3. The highest BCUT2D eigenvalue weighted by molar-refractivity contribution is 7.16. The van der Waals surface area contributed by atoms with Gasteiger partial charge in [-0.25, -0.2) is 0 Å². The van der Waals surface area contributed by atoms with Crippen LogP contribution in [0, 0.1) is 0 Å². The van der Waals surface area contributed by atoms with Gasteiger partial charge in [-0.1, -0.05) is 142 Å². The minimum atomic E-state index is -0.651. The molecule has 0 aliphatic rings. The molecule has 0 saturated carbocycles. The van der Waals surface area contributed by atoms with Gasteiger partial charge in [-0.3, -0.25) is 40.9 Å². The van der Waals surface area contributed by atoms with E-state index >= 15 is 0 Å². The highest BCUT2D eigenvalue weighted by Gasteiger charge is 2.30. The Morgan fingerprint density at radius 3 is 1.19 bits per heavy atom. The van der Waals surface area contributed by atoms with Gasteiger partial charge in [-0.15, -0.1) is 34.0 Å². The van der Waals surface area contributed by atoms with Crippen molar-refractivity contribution in [3.8, 4) is 11.5 Å². The van der Waals surface area contributed by atoms with Crippen molar-refractivity contribution in [2.45, 2.75) is 142 Å². The first-order valence-electron chi connectivity index (χ1n) is 21.0. The van der Waals surface area contributed by atoms with Crippen LogP contribution in [0.3, 0.4) is 0 Å². The number of amides is 4. The van der Waals surface area contributed by atoms with E-state index in [0.717, 1.165) is 59.6 Å². The summed E-state index contributed by atoms with van der Waals surface area (Å²) in [5.74, 6) is -2.04. The molecule has 0 aliphatic heterocycles. The zero-order chi connectivity index (χ0) is 40.8. The minimum absolute atomic E-state index is 0.0803. The number of carbonyl (C=O) groups is 4. The van der Waals surface area contributed by atoms with E-state index in [9.17, 15) is 19.2 Å². The van der Waals surface area contributed by atoms with Gasteiger partial charge in [0.2, 0.25) is 0 Å². The van der Waals surface area contributed by atoms with Crippen LogP contribution < -0.4 is 31.2 Å². The zero-order valence-electron chi connectivity index (χ0n) is 34.0. The van der Waals surface area contributed by atoms with Crippen LogP contribution in [0.25, 0.3) is 12.2 Å². The second-order valence-corrected chi connectivity index (χ2v) is 17.0. The fourth-order valence-corrected chi connectivity index (χ4v) is 8.23. The molecule has 0 spiro atoms. The van der Waals surface area contributed by atoms with Crippen molar-refractivity contribution in [3.05, 3.63) is 66.7 Å². The summed E-state index contributed by atoms with van der Waals surface area (Å²) in [6, 6.07) is 7.52. The molecule has 13 heteroatoms. The van der Waals surface area contributed by atoms with E-state index in [0.29, 0.717) is 13.2 Å². The topological polar surface area (TPSA) is 135 Å². The summed E-state index contributed by atoms with van der Waals surface area (Å²) >= 11 is 3.86. The summed E-state index contributed by atoms with van der Waals surface area (Å²) in [6.07, 6.45) is 29.3. The first-order valence-corrected chi connectivity index (χ1v) is 23.6. The molecule has 314 valence electrons. The molecule has 0 saturated heterocycles. The Hall–Kier alpha value is -3.94. The molecule has 0 atom stereocenters. The fraction of sp³-hybridized carbons (Fsp3) is 0.545. The standard InChI is InChI=1S/C44H64N4O6S3/c1-3-5-7-9-11-13-15-17-19-21-31-53-39-40(54-32-22-20-18-16-14-12-10-8-6-4-2)42(44(52)48-46-38(50)30-28-36-26-24-34-56-36)57-41(39)43(51)47-45-37(49)29-27-35-25-23-33-55-35/h23-30,33-34H,3-22,31-32H2,1-2H3,(H,45,49)(H,46,50)(H,47,51)(H,48,52)/b29-27+,30-28+. The predicted molar refractivity (Wildman–Crippen MR) is 237 cm³/mol. The maximum atomic E-state index is 13.6. The summed E-state index contributed by atoms with van der Waals surface area (Å²) in [5, 5.41) is 3.81. The SMILES string of the molecule is CCCCCCCCCCCCOc1c(C(=O)NNC(=O)/C=C/c2cccs2)sc(C(=O)NNC(=O)/C=C/c2cccs2)c1OCCCCCCCCCCCC. The van der Waals surface area contributed by atoms with E-state index in [1.807, 2.05) is 35.0 Å². The first-order chi connectivity index (χ1) is 27.9. The Morgan fingerprint density at radius 2 is 0.860 bits per heavy atom. The van der Waals surface area contributed by atoms with E-state index in [-0.39, 0.29) is 21.3 Å². The number of carbonyl (C=O) groups excluding carboxylic acids is 4. The van der Waals surface area contributed by atoms with E-state index in [1.165, 1.54) is 125 Å². The van der Waals surface area contributed by atoms with Crippen molar-refractivity contribution < 1.29 is 28.7 Å². The number of thiophene rings is 3. The molecule has 3 heterocycles. The molecule has 0 unspecified atom stereocenters. The maximum Gasteiger partial charge on any atom is 0.283 e. The van der Waals surface area contributed by atoms with Crippen LogP contribution in [0.4, 0.5) is 0 Å². The van der Waals surface area contributed by atoms with Crippen molar-refractivity contribution in [2.75, 3.05) is 13.2 Å². The second-order valence-electron chi connectivity index (χ2n) is 14.1. The minimum Gasteiger partial charge on any atom is -0.488 e. The molecule has 3 aromatic heterocycles. The van der Waals surface area contributed by atoms with Crippen molar-refractivity contribution in [1.29, 1.82) is 0 Å². The summed E-state index contributed by atoms with van der Waals surface area (Å²) in [6.45, 7) is 5.11. The van der Waals surface area contributed by atoms with Gasteiger partial charge < -0.3 is 9.47 Å². The van der Waals surface area contributed by atoms with Crippen molar-refractivity contribution in [3.63, 3.8) is 0 Å². The van der Waals surface area contributed by atoms with Crippen molar-refractivity contribution >= 4 is 69.8 Å². The summed E-state index contributed by atoms with van der Waals surface area (Å²) in [5.41, 5.74) is 9.77. The van der Waals surface area contributed by atoms with Crippen LogP contribution in [0.2, 0.25) is 0 Å². The Labute approximate surface area is 352 Å². The molecule has 0 aromatic carbocycles. The number of hydrogen-bond acceptors (Lipinski definition) is 9. The summed E-state index contributed by atoms with van der Waals surface area (Å²) in [7, 11) is 0. The highest BCUT2D eigenvalue weighted by Crippen LogP contribution is 2.43. The van der Waals surface area contributed by atoms with Crippen LogP contribution in [0.15, 0.2) is 47.2 Å². The molecule has 0 aliphatic carbocycles. The summed E-state index contributed by atoms with van der Waals surface area (Å²) < 4.78 is 12.5. The first kappa shape index (κ1) is 47.4. The third-order valence-corrected chi connectivity index (χ3v) is 12.0. The van der Waals surface area contributed by atoms with Crippen LogP contribution >= 0.6 is 34.0 Å². The number of ether oxygens (including phenoxy) is 2. The molecular weight excluding hydrogens is 777 g/mol. The lowest BCUT2D eigenvalue weighted by molar-refractivity contribution is -0.117. The lowest BCUT2D eigenvalue weighted by Crippen LogP contribution is -2.40. The molecule has 3 rings (SSSR count). The van der Waals surface area contributed by atoms with Gasteiger partial charge in [0.1, 0.15) is 9.75 Å². The zero-order valence-corrected chi connectivity index (χ0v) is 36.5. The van der Waals surface area contributed by atoms with Crippen LogP contribution in [0.1, 0.15) is 171 Å². The molecule has 0 fully saturated rings. The average Bonchev–Trinajstić information content (AvgIpc) is 4.01. The second kappa shape index (κ2) is 30.2. The fourth-order valence-electron chi connectivity index (χ4n) is 6.01. The molecule has 4 N–H and O–H groups in total. The largest absolute Gasteiger partial charge is 0.488 e. The number of rotatable bonds is 30. The Morgan fingerprint density at radius 1 is 0.509 bits per heavy atom. The lowest BCUT2D eigenvalue weighted by atomic mass is 10.1. The third-order valence-electron chi connectivity index (χ3n) is 9.21. The van der Waals surface area contributed by atoms with Crippen LogP contribution in [-0.4, -0.2) is 36.8 Å². The monoisotopic (exact) mass is 840 g/mol. The van der Waals surface area contributed by atoms with Gasteiger partial charge in [0, 0.05) is 21.9 Å². The molecule has 10 nitrogen and oxygen atoms in total. The molecule has 57 heavy (non-hydrogen) atoms. The maximum absolute atomic E-state index is 13.6. The van der Waals surface area contributed by atoms with E-state index in [2.05, 4.69) is 35.6 Å². The van der Waals surface area contributed by atoms with Gasteiger partial charge in [0.25, 0.3) is 23.6 Å². The van der Waals surface area contributed by atoms with Crippen LogP contribution in [-0.2, 0) is 9.59 Å². The molecule has 0 radical (unpaired) electrons. The smallest absolute Gasteiger partial charge is 0.283 e. The Kier molecular flexibility index (Phi) is 25.1. The normalized spacial score (nSPS) is 11.3. The lowest BCUT2D eigenvalue weighted by Gasteiger charge is -2.13. The van der Waals surface area contributed by atoms with Gasteiger partial charge in [-0.05, 0) is 47.9 Å². The van der Waals surface area contributed by atoms with E-state index in [1.54, 1.807) is 12.2 Å². The Balaban J connectivity index is 1.70. The van der Waals surface area contributed by atoms with Gasteiger partial charge >= 0.3 is 0 Å². The quantitative estimate of drug-likeness (QED) is 0.0300. The highest BCUT2D eigenvalue weighted by atomic mass is 32.1. The number of hydrazine groups is 2. The number of unbranched alkanes of at least 4 members (excludes halogenated alkanes) is 18. The van der Waals surface area contributed by atoms with Gasteiger partial charge in [-0.2, -0.15) is 0 Å². The van der Waals surface area contributed by atoms with E-state index in [4.69, 9.17) is 9.47 Å². The predicted octanol–water partition coefficient (Wildman–Crippen LogP) is 11.4. The molecule has 3 aromatic rings. The number of nitrogens with one attached hydrogen (secondary N) is 4. The van der Waals surface area contributed by atoms with E-state index < -0.39 is 23.6 Å². The molecule has 4 amide bonds. The van der Waals surface area contributed by atoms with Gasteiger partial charge in [0.05, 0.1) is 13.2 Å². The van der Waals surface area contributed by atoms with Crippen molar-refractivity contribution in [1.82, 2.24) is 21.7 Å². The van der Waals surface area contributed by atoms with Crippen molar-refractivity contribution in [2.24, 2.45) is 0 Å². The Bertz CT molecular complexity index is 1500. The molecule has 0 bridgehead atoms. The molecular formula is C44H64N4O6S3. The average molecular weight is 841 g/mol. The third kappa shape index (κ3) is 20.4. The number of hydrogen-bond donors (Lipinski definition) is 4.